The fourth-order valence-corrected chi connectivity index (χ4v) is 4.45. The van der Waals surface area contributed by atoms with Crippen molar-refractivity contribution < 1.29 is 32.3 Å². The maximum absolute atomic E-state index is 13.4. The monoisotopic (exact) mass is 424 g/mol. The molecule has 0 radical (unpaired) electrons. The third-order valence-corrected chi connectivity index (χ3v) is 5.81. The first kappa shape index (κ1) is 20.5. The number of benzene rings is 1. The van der Waals surface area contributed by atoms with Crippen molar-refractivity contribution in [3.8, 4) is 0 Å². The van der Waals surface area contributed by atoms with Gasteiger partial charge in [0.05, 0.1) is 11.1 Å². The molecule has 3 heterocycles. The molecule has 4 rings (SSSR count). The average Bonchev–Trinajstić information content (AvgIpc) is 3.14. The van der Waals surface area contributed by atoms with Crippen LogP contribution >= 0.6 is 0 Å². The van der Waals surface area contributed by atoms with Gasteiger partial charge in [-0.05, 0) is 24.5 Å². The van der Waals surface area contributed by atoms with Crippen LogP contribution in [0.2, 0.25) is 0 Å². The Hall–Kier alpha value is -2.79. The zero-order valence-electron chi connectivity index (χ0n) is 15.7. The molecule has 160 valence electrons. The van der Waals surface area contributed by atoms with E-state index in [-0.39, 0.29) is 49.0 Å². The molecular formula is C19H19F3N4O4. The molecular weight excluding hydrogens is 405 g/mol. The highest BCUT2D eigenvalue weighted by Gasteiger charge is 2.51. The van der Waals surface area contributed by atoms with E-state index in [0.717, 1.165) is 9.80 Å². The first-order valence-corrected chi connectivity index (χ1v) is 9.49. The Kier molecular flexibility index (Phi) is 4.89. The number of imide groups is 2. The number of hydrogen-bond acceptors (Lipinski definition) is 6. The SMILES string of the molecule is N[C@@H]1CCN(Cc2cccc3c2C(=O)N(C2CCC(=O)NC2=O)C3=O)[C@H]1C(F)(F)F. The Morgan fingerprint density at radius 2 is 1.83 bits per heavy atom. The Bertz CT molecular complexity index is 948. The van der Waals surface area contributed by atoms with Gasteiger partial charge in [0.2, 0.25) is 11.8 Å². The fraction of sp³-hybridized carbons (Fsp3) is 0.474. The molecule has 3 aliphatic heterocycles. The molecule has 3 N–H and O–H groups in total. The molecule has 0 aliphatic carbocycles. The molecule has 2 saturated heterocycles. The second-order valence-electron chi connectivity index (χ2n) is 7.70. The number of amides is 4. The Labute approximate surface area is 169 Å². The van der Waals surface area contributed by atoms with Gasteiger partial charge >= 0.3 is 6.18 Å². The molecule has 1 unspecified atom stereocenters. The molecule has 0 spiro atoms. The number of nitrogens with two attached hydrogens (primary N) is 1. The fourth-order valence-electron chi connectivity index (χ4n) is 4.45. The van der Waals surface area contributed by atoms with E-state index in [0.29, 0.717) is 0 Å². The highest BCUT2D eigenvalue weighted by atomic mass is 19.4. The highest BCUT2D eigenvalue weighted by molar-refractivity contribution is 6.24. The molecule has 8 nitrogen and oxygen atoms in total. The smallest absolute Gasteiger partial charge is 0.326 e. The largest absolute Gasteiger partial charge is 0.405 e. The van der Waals surface area contributed by atoms with Crippen LogP contribution in [0.5, 0.6) is 0 Å². The highest BCUT2D eigenvalue weighted by Crippen LogP contribution is 2.35. The summed E-state index contributed by atoms with van der Waals surface area (Å²) < 4.78 is 40.3. The van der Waals surface area contributed by atoms with Crippen molar-refractivity contribution in [2.75, 3.05) is 6.54 Å². The number of halogens is 3. The van der Waals surface area contributed by atoms with E-state index < -0.39 is 47.9 Å². The van der Waals surface area contributed by atoms with Gasteiger partial charge in [-0.15, -0.1) is 0 Å². The van der Waals surface area contributed by atoms with Crippen molar-refractivity contribution in [1.82, 2.24) is 15.1 Å². The van der Waals surface area contributed by atoms with Crippen molar-refractivity contribution >= 4 is 23.6 Å². The third kappa shape index (κ3) is 3.27. The van der Waals surface area contributed by atoms with Crippen LogP contribution in [0, 0.1) is 0 Å². The maximum atomic E-state index is 13.4. The molecule has 1 aromatic carbocycles. The van der Waals surface area contributed by atoms with Crippen molar-refractivity contribution in [3.63, 3.8) is 0 Å². The van der Waals surface area contributed by atoms with E-state index in [1.54, 1.807) is 0 Å². The summed E-state index contributed by atoms with van der Waals surface area (Å²) in [6, 6.07) is 0.347. The minimum absolute atomic E-state index is 0.00257. The van der Waals surface area contributed by atoms with Gasteiger partial charge in [0, 0.05) is 25.6 Å². The van der Waals surface area contributed by atoms with Crippen molar-refractivity contribution in [2.45, 2.75) is 50.1 Å². The van der Waals surface area contributed by atoms with E-state index >= 15 is 0 Å². The van der Waals surface area contributed by atoms with Gasteiger partial charge in [0.1, 0.15) is 12.1 Å². The Morgan fingerprint density at radius 3 is 2.50 bits per heavy atom. The second-order valence-corrected chi connectivity index (χ2v) is 7.70. The van der Waals surface area contributed by atoms with Crippen LogP contribution in [0.4, 0.5) is 13.2 Å². The van der Waals surface area contributed by atoms with Gasteiger partial charge in [0.25, 0.3) is 11.8 Å². The first-order chi connectivity index (χ1) is 14.1. The van der Waals surface area contributed by atoms with E-state index in [9.17, 15) is 32.3 Å². The first-order valence-electron chi connectivity index (χ1n) is 9.49. The molecule has 0 bridgehead atoms. The molecule has 4 amide bonds. The number of carbonyl (C=O) groups is 4. The van der Waals surface area contributed by atoms with Crippen molar-refractivity contribution in [3.05, 3.63) is 34.9 Å². The quantitative estimate of drug-likeness (QED) is 0.686. The number of nitrogens with one attached hydrogen (secondary N) is 1. The summed E-state index contributed by atoms with van der Waals surface area (Å²) in [5.41, 5.74) is 5.95. The summed E-state index contributed by atoms with van der Waals surface area (Å²) in [6.45, 7) is -0.0999. The molecule has 2 fully saturated rings. The van der Waals surface area contributed by atoms with Gasteiger partial charge in [0.15, 0.2) is 0 Å². The maximum Gasteiger partial charge on any atom is 0.405 e. The standard InChI is InChI=1S/C19H19F3N4O4/c20-19(21,22)15-11(23)6-7-25(15)8-9-2-1-3-10-14(9)18(30)26(17(10)29)12-4-5-13(27)24-16(12)28/h1-3,11-12,15H,4-8,23H2,(H,24,27,28)/t11-,12?,15-/m1/s1. The summed E-state index contributed by atoms with van der Waals surface area (Å²) >= 11 is 0. The Balaban J connectivity index is 1.64. The average molecular weight is 424 g/mol. The van der Waals surface area contributed by atoms with Gasteiger partial charge < -0.3 is 5.73 Å². The third-order valence-electron chi connectivity index (χ3n) is 5.81. The van der Waals surface area contributed by atoms with Crippen LogP contribution in [-0.4, -0.2) is 64.3 Å². The van der Waals surface area contributed by atoms with Gasteiger partial charge in [-0.3, -0.25) is 34.3 Å². The van der Waals surface area contributed by atoms with E-state index in [1.165, 1.54) is 18.2 Å². The summed E-state index contributed by atoms with van der Waals surface area (Å²) in [6.07, 6.45) is -4.38. The Morgan fingerprint density at radius 1 is 1.10 bits per heavy atom. The van der Waals surface area contributed by atoms with Crippen molar-refractivity contribution in [2.24, 2.45) is 5.73 Å². The number of alkyl halides is 3. The second kappa shape index (κ2) is 7.17. The molecule has 3 atom stereocenters. The van der Waals surface area contributed by atoms with Gasteiger partial charge in [-0.1, -0.05) is 12.1 Å². The van der Waals surface area contributed by atoms with Crippen LogP contribution in [-0.2, 0) is 16.1 Å². The number of hydrogen-bond donors (Lipinski definition) is 2. The lowest BCUT2D eigenvalue weighted by Gasteiger charge is -2.29. The van der Waals surface area contributed by atoms with Gasteiger partial charge in [-0.25, -0.2) is 0 Å². The zero-order valence-corrected chi connectivity index (χ0v) is 15.7. The van der Waals surface area contributed by atoms with E-state index in [2.05, 4.69) is 5.32 Å². The number of fused-ring (bicyclic) bond motifs is 1. The van der Waals surface area contributed by atoms with Crippen LogP contribution in [0.15, 0.2) is 18.2 Å². The number of likely N-dealkylation sites (tertiary alicyclic amines) is 1. The van der Waals surface area contributed by atoms with E-state index in [4.69, 9.17) is 5.73 Å². The minimum atomic E-state index is -4.52. The topological polar surface area (TPSA) is 113 Å². The van der Waals surface area contributed by atoms with Gasteiger partial charge in [-0.2, -0.15) is 13.2 Å². The lowest BCUT2D eigenvalue weighted by atomic mass is 10.0. The predicted molar refractivity (Wildman–Crippen MR) is 96.0 cm³/mol. The number of carbonyl (C=O) groups excluding carboxylic acids is 4. The van der Waals surface area contributed by atoms with E-state index in [1.807, 2.05) is 0 Å². The molecule has 0 saturated carbocycles. The molecule has 3 aliphatic rings. The summed E-state index contributed by atoms with van der Waals surface area (Å²) in [7, 11) is 0. The van der Waals surface area contributed by atoms with Crippen LogP contribution in [0.1, 0.15) is 45.5 Å². The number of piperidine rings is 1. The molecule has 30 heavy (non-hydrogen) atoms. The minimum Gasteiger partial charge on any atom is -0.326 e. The predicted octanol–water partition coefficient (Wildman–Crippen LogP) is 0.552. The molecule has 0 aromatic heterocycles. The van der Waals surface area contributed by atoms with Crippen LogP contribution in [0.25, 0.3) is 0 Å². The lowest BCUT2D eigenvalue weighted by Crippen LogP contribution is -2.54. The van der Waals surface area contributed by atoms with Crippen LogP contribution < -0.4 is 11.1 Å². The summed E-state index contributed by atoms with van der Waals surface area (Å²) in [5.74, 6) is -2.67. The summed E-state index contributed by atoms with van der Waals surface area (Å²) in [4.78, 5) is 51.4. The van der Waals surface area contributed by atoms with Crippen LogP contribution in [0.3, 0.4) is 0 Å². The van der Waals surface area contributed by atoms with Crippen molar-refractivity contribution in [1.29, 1.82) is 0 Å². The molecule has 1 aromatic rings. The lowest BCUT2D eigenvalue weighted by molar-refractivity contribution is -0.180. The molecule has 11 heteroatoms. The zero-order chi connectivity index (χ0) is 21.8. The normalized spacial score (nSPS) is 27.6. The summed E-state index contributed by atoms with van der Waals surface area (Å²) in [5, 5.41) is 2.10. The number of rotatable bonds is 3. The number of nitrogens with zero attached hydrogens (tertiary/aromatic N) is 2.